The number of rotatable bonds is 4. The molecule has 0 radical (unpaired) electrons. The first-order chi connectivity index (χ1) is 8.67. The van der Waals surface area contributed by atoms with Crippen LogP contribution in [0.3, 0.4) is 0 Å². The average Bonchev–Trinajstić information content (AvgIpc) is 2.35. The van der Waals surface area contributed by atoms with Crippen molar-refractivity contribution in [1.29, 1.82) is 0 Å². The minimum absolute atomic E-state index is 0.0799. The Bertz CT molecular complexity index is 624. The van der Waals surface area contributed by atoms with Crippen LogP contribution in [0.25, 0.3) is 10.9 Å². The SMILES string of the molecule is CCCn1c(SCC)nc2ccc(I)cc2c1=O. The molecule has 0 aliphatic carbocycles. The van der Waals surface area contributed by atoms with Gasteiger partial charge in [-0.1, -0.05) is 25.6 Å². The highest BCUT2D eigenvalue weighted by Crippen LogP contribution is 2.19. The molecule has 0 saturated heterocycles. The predicted molar refractivity (Wildman–Crippen MR) is 85.4 cm³/mol. The molecule has 96 valence electrons. The van der Waals surface area contributed by atoms with E-state index in [0.717, 1.165) is 38.3 Å². The quantitative estimate of drug-likeness (QED) is 0.467. The number of halogens is 1. The highest BCUT2D eigenvalue weighted by atomic mass is 127. The fourth-order valence-electron chi connectivity index (χ4n) is 1.83. The molecule has 0 bridgehead atoms. The van der Waals surface area contributed by atoms with E-state index in [1.807, 2.05) is 18.2 Å². The van der Waals surface area contributed by atoms with Gasteiger partial charge in [-0.05, 0) is 53.0 Å². The van der Waals surface area contributed by atoms with E-state index in [1.165, 1.54) is 0 Å². The Labute approximate surface area is 124 Å². The second-order valence-corrected chi connectivity index (χ2v) is 6.42. The lowest BCUT2D eigenvalue weighted by Gasteiger charge is -2.11. The molecule has 0 fully saturated rings. The van der Waals surface area contributed by atoms with Gasteiger partial charge in [-0.15, -0.1) is 0 Å². The maximum Gasteiger partial charge on any atom is 0.262 e. The van der Waals surface area contributed by atoms with Crippen molar-refractivity contribution >= 4 is 45.3 Å². The first-order valence-corrected chi connectivity index (χ1v) is 8.06. The Morgan fingerprint density at radius 2 is 2.17 bits per heavy atom. The van der Waals surface area contributed by atoms with Crippen molar-refractivity contribution in [3.8, 4) is 0 Å². The Morgan fingerprint density at radius 3 is 2.83 bits per heavy atom. The molecule has 0 unspecified atom stereocenters. The molecular weight excluding hydrogens is 359 g/mol. The lowest BCUT2D eigenvalue weighted by molar-refractivity contribution is 0.585. The van der Waals surface area contributed by atoms with E-state index >= 15 is 0 Å². The Morgan fingerprint density at radius 1 is 1.39 bits per heavy atom. The molecule has 0 atom stereocenters. The van der Waals surface area contributed by atoms with Gasteiger partial charge in [-0.3, -0.25) is 9.36 Å². The van der Waals surface area contributed by atoms with E-state index in [2.05, 4.69) is 41.4 Å². The standard InChI is InChI=1S/C13H15IN2OS/c1-3-7-16-12(17)10-8-9(14)5-6-11(10)15-13(16)18-4-2/h5-6,8H,3-4,7H2,1-2H3. The van der Waals surface area contributed by atoms with E-state index in [4.69, 9.17) is 0 Å². The highest BCUT2D eigenvalue weighted by Gasteiger charge is 2.10. The second kappa shape index (κ2) is 6.06. The summed E-state index contributed by atoms with van der Waals surface area (Å²) in [5.41, 5.74) is 0.875. The van der Waals surface area contributed by atoms with Gasteiger partial charge in [0.05, 0.1) is 10.9 Å². The molecule has 1 aromatic heterocycles. The summed E-state index contributed by atoms with van der Waals surface area (Å²) in [5.74, 6) is 0.923. The number of benzene rings is 1. The summed E-state index contributed by atoms with van der Waals surface area (Å²) in [4.78, 5) is 17.1. The van der Waals surface area contributed by atoms with E-state index in [1.54, 1.807) is 16.3 Å². The lowest BCUT2D eigenvalue weighted by atomic mass is 10.2. The molecule has 5 heteroatoms. The molecule has 0 N–H and O–H groups in total. The van der Waals surface area contributed by atoms with E-state index < -0.39 is 0 Å². The molecule has 0 aliphatic rings. The topological polar surface area (TPSA) is 34.9 Å². The lowest BCUT2D eigenvalue weighted by Crippen LogP contribution is -2.23. The number of hydrogen-bond acceptors (Lipinski definition) is 3. The van der Waals surface area contributed by atoms with Crippen LogP contribution in [0.4, 0.5) is 0 Å². The number of nitrogens with zero attached hydrogens (tertiary/aromatic N) is 2. The Hall–Kier alpha value is -0.560. The van der Waals surface area contributed by atoms with Gasteiger partial charge in [0.2, 0.25) is 0 Å². The van der Waals surface area contributed by atoms with Crippen LogP contribution in [0.2, 0.25) is 0 Å². The number of fused-ring (bicyclic) bond motifs is 1. The van der Waals surface area contributed by atoms with Gasteiger partial charge in [0.15, 0.2) is 5.16 Å². The molecule has 3 nitrogen and oxygen atoms in total. The van der Waals surface area contributed by atoms with Crippen LogP contribution in [-0.4, -0.2) is 15.3 Å². The second-order valence-electron chi connectivity index (χ2n) is 3.95. The summed E-state index contributed by atoms with van der Waals surface area (Å²) in [5, 5.41) is 1.55. The normalized spacial score (nSPS) is 11.1. The van der Waals surface area contributed by atoms with Crippen molar-refractivity contribution in [1.82, 2.24) is 9.55 Å². The van der Waals surface area contributed by atoms with Gasteiger partial charge in [-0.2, -0.15) is 0 Å². The van der Waals surface area contributed by atoms with E-state index in [-0.39, 0.29) is 5.56 Å². The predicted octanol–water partition coefficient (Wildman–Crippen LogP) is 3.52. The van der Waals surface area contributed by atoms with Crippen molar-refractivity contribution in [2.45, 2.75) is 32.0 Å². The van der Waals surface area contributed by atoms with Crippen molar-refractivity contribution in [3.63, 3.8) is 0 Å². The Balaban J connectivity index is 2.72. The van der Waals surface area contributed by atoms with Crippen LogP contribution in [0.1, 0.15) is 20.3 Å². The summed E-state index contributed by atoms with van der Waals surface area (Å²) in [6, 6.07) is 5.83. The molecule has 18 heavy (non-hydrogen) atoms. The van der Waals surface area contributed by atoms with Crippen molar-refractivity contribution < 1.29 is 0 Å². The van der Waals surface area contributed by atoms with Crippen LogP contribution in [-0.2, 0) is 6.54 Å². The maximum absolute atomic E-state index is 12.5. The third kappa shape index (κ3) is 2.71. The van der Waals surface area contributed by atoms with E-state index in [9.17, 15) is 4.79 Å². The smallest absolute Gasteiger partial charge is 0.262 e. The third-order valence-electron chi connectivity index (χ3n) is 2.60. The van der Waals surface area contributed by atoms with Gasteiger partial charge in [0.25, 0.3) is 5.56 Å². The maximum atomic E-state index is 12.5. The summed E-state index contributed by atoms with van der Waals surface area (Å²) in [6.07, 6.45) is 0.939. The zero-order chi connectivity index (χ0) is 13.1. The summed E-state index contributed by atoms with van der Waals surface area (Å²) >= 11 is 3.85. The molecule has 1 heterocycles. The highest BCUT2D eigenvalue weighted by molar-refractivity contribution is 14.1. The average molecular weight is 374 g/mol. The summed E-state index contributed by atoms with van der Waals surface area (Å²) < 4.78 is 2.87. The van der Waals surface area contributed by atoms with E-state index in [0.29, 0.717) is 0 Å². The van der Waals surface area contributed by atoms with Crippen LogP contribution >= 0.6 is 34.4 Å². The monoisotopic (exact) mass is 374 g/mol. The molecule has 1 aromatic carbocycles. The zero-order valence-electron chi connectivity index (χ0n) is 10.4. The minimum atomic E-state index is 0.0799. The van der Waals surface area contributed by atoms with Crippen molar-refractivity contribution in [2.24, 2.45) is 0 Å². The summed E-state index contributed by atoms with van der Waals surface area (Å²) in [7, 11) is 0. The fraction of sp³-hybridized carbons (Fsp3) is 0.385. The minimum Gasteiger partial charge on any atom is -0.287 e. The zero-order valence-corrected chi connectivity index (χ0v) is 13.4. The van der Waals surface area contributed by atoms with Crippen LogP contribution < -0.4 is 5.56 Å². The molecule has 2 aromatic rings. The number of aromatic nitrogens is 2. The summed E-state index contributed by atoms with van der Waals surface area (Å²) in [6.45, 7) is 4.88. The van der Waals surface area contributed by atoms with Crippen LogP contribution in [0, 0.1) is 3.57 Å². The van der Waals surface area contributed by atoms with Crippen LogP contribution in [0.15, 0.2) is 28.2 Å². The first kappa shape index (κ1) is 13.9. The third-order valence-corrected chi connectivity index (χ3v) is 4.13. The molecule has 0 amide bonds. The molecule has 0 spiro atoms. The van der Waals surface area contributed by atoms with Crippen LogP contribution in [0.5, 0.6) is 0 Å². The van der Waals surface area contributed by atoms with Gasteiger partial charge < -0.3 is 0 Å². The molecule has 0 saturated carbocycles. The van der Waals surface area contributed by atoms with Gasteiger partial charge in [-0.25, -0.2) is 4.98 Å². The molecule has 2 rings (SSSR count). The van der Waals surface area contributed by atoms with Crippen molar-refractivity contribution in [2.75, 3.05) is 5.75 Å². The molecule has 0 aliphatic heterocycles. The fourth-order valence-corrected chi connectivity index (χ4v) is 3.08. The van der Waals surface area contributed by atoms with Gasteiger partial charge in [0.1, 0.15) is 0 Å². The van der Waals surface area contributed by atoms with Crippen molar-refractivity contribution in [3.05, 3.63) is 32.1 Å². The largest absolute Gasteiger partial charge is 0.287 e. The Kier molecular flexibility index (Phi) is 4.66. The first-order valence-electron chi connectivity index (χ1n) is 6.00. The number of hydrogen-bond donors (Lipinski definition) is 0. The van der Waals surface area contributed by atoms with Gasteiger partial charge >= 0.3 is 0 Å². The number of thioether (sulfide) groups is 1. The van der Waals surface area contributed by atoms with Gasteiger partial charge in [0, 0.05) is 10.1 Å². The molecular formula is C13H15IN2OS.